The molecule has 2 N–H and O–H groups in total. The summed E-state index contributed by atoms with van der Waals surface area (Å²) in [5, 5.41) is 13.9. The number of carbonyl (C=O) groups is 2. The molecule has 3 heterocycles. The molecule has 8 nitrogen and oxygen atoms in total. The van der Waals surface area contributed by atoms with Crippen LogP contribution in [0.5, 0.6) is 5.75 Å². The molecule has 0 spiro atoms. The predicted octanol–water partition coefficient (Wildman–Crippen LogP) is 5.74. The van der Waals surface area contributed by atoms with Crippen LogP contribution in [0.2, 0.25) is 0 Å². The molecule has 3 aromatic rings. The fourth-order valence-corrected chi connectivity index (χ4v) is 5.79. The molecule has 0 bridgehead atoms. The maximum atomic E-state index is 13.6. The summed E-state index contributed by atoms with van der Waals surface area (Å²) >= 11 is 0. The summed E-state index contributed by atoms with van der Waals surface area (Å²) in [4.78, 5) is 33.9. The van der Waals surface area contributed by atoms with Crippen molar-refractivity contribution in [1.82, 2.24) is 15.2 Å². The van der Waals surface area contributed by atoms with Gasteiger partial charge >= 0.3 is 6.09 Å². The number of pyridine rings is 1. The van der Waals surface area contributed by atoms with Crippen molar-refractivity contribution >= 4 is 34.2 Å². The number of aromatic nitrogens is 1. The summed E-state index contributed by atoms with van der Waals surface area (Å²) in [7, 11) is 3.87. The lowest BCUT2D eigenvalue weighted by atomic mass is 9.78. The third-order valence-electron chi connectivity index (χ3n) is 7.74. The number of fused-ring (bicyclic) bond motifs is 2. The number of anilines is 1. The van der Waals surface area contributed by atoms with Gasteiger partial charge in [-0.1, -0.05) is 63.2 Å². The Morgan fingerprint density at radius 2 is 1.90 bits per heavy atom. The Bertz CT molecular complexity index is 1460. The highest BCUT2D eigenvalue weighted by atomic mass is 16.5. The van der Waals surface area contributed by atoms with E-state index in [1.165, 1.54) is 4.90 Å². The lowest BCUT2D eigenvalue weighted by Gasteiger charge is -2.41. The van der Waals surface area contributed by atoms with Crippen LogP contribution in [0.4, 0.5) is 10.5 Å². The lowest BCUT2D eigenvalue weighted by molar-refractivity contribution is 0.0883. The Morgan fingerprint density at radius 3 is 2.62 bits per heavy atom. The molecule has 0 aliphatic carbocycles. The number of carbonyl (C=O) groups excluding carboxylic acids is 1. The van der Waals surface area contributed by atoms with Crippen LogP contribution in [0.1, 0.15) is 61.1 Å². The standard InChI is InChI=1S/C31H36N4O4/c1-31(2,3)26-17-19(13-15-35(26)30(37)38)20-10-8-11-22-27(20)32-18-23(28(22)34(4)5)29(36)33-24-14-16-39-25-12-7-6-9-21(24)25/h6-13,18,24,26H,14-17H2,1-5H3,(H,33,36)(H,37,38). The zero-order valence-corrected chi connectivity index (χ0v) is 23.2. The van der Waals surface area contributed by atoms with Crippen molar-refractivity contribution in [2.45, 2.75) is 45.7 Å². The number of hydrogen-bond acceptors (Lipinski definition) is 5. The van der Waals surface area contributed by atoms with E-state index in [2.05, 4.69) is 26.1 Å². The number of benzene rings is 2. The van der Waals surface area contributed by atoms with Crippen molar-refractivity contribution in [1.29, 1.82) is 0 Å². The number of nitrogens with zero attached hydrogens (tertiary/aromatic N) is 3. The molecule has 2 aromatic carbocycles. The maximum Gasteiger partial charge on any atom is 0.407 e. The first-order chi connectivity index (χ1) is 18.6. The van der Waals surface area contributed by atoms with E-state index in [1.54, 1.807) is 6.20 Å². The molecular formula is C31H36N4O4. The first-order valence-electron chi connectivity index (χ1n) is 13.4. The SMILES string of the molecule is CN(C)c1c(C(=O)NC2CCOc3ccccc32)cnc2c(C3=CCN(C(=O)O)C(C(C)(C)C)C3)cccc12. The van der Waals surface area contributed by atoms with Gasteiger partial charge in [-0.15, -0.1) is 0 Å². The van der Waals surface area contributed by atoms with E-state index in [0.717, 1.165) is 39.0 Å². The van der Waals surface area contributed by atoms with Gasteiger partial charge in [0.1, 0.15) is 5.75 Å². The third-order valence-corrected chi connectivity index (χ3v) is 7.74. The van der Waals surface area contributed by atoms with Crippen LogP contribution in [0.25, 0.3) is 16.5 Å². The van der Waals surface area contributed by atoms with Gasteiger partial charge in [0.25, 0.3) is 5.91 Å². The van der Waals surface area contributed by atoms with E-state index in [4.69, 9.17) is 9.72 Å². The van der Waals surface area contributed by atoms with Gasteiger partial charge < -0.3 is 25.0 Å². The quantitative estimate of drug-likeness (QED) is 0.449. The summed E-state index contributed by atoms with van der Waals surface area (Å²) in [6.07, 6.45) is 4.04. The largest absolute Gasteiger partial charge is 0.493 e. The Labute approximate surface area is 229 Å². The topological polar surface area (TPSA) is 95.0 Å². The second-order valence-electron chi connectivity index (χ2n) is 11.6. The van der Waals surface area contributed by atoms with Gasteiger partial charge in [-0.25, -0.2) is 4.79 Å². The highest BCUT2D eigenvalue weighted by molar-refractivity contribution is 6.09. The second kappa shape index (κ2) is 10.2. The van der Waals surface area contributed by atoms with Gasteiger partial charge in [-0.05, 0) is 23.5 Å². The number of nitrogens with one attached hydrogen (secondary N) is 1. The molecule has 2 atom stereocenters. The van der Waals surface area contributed by atoms with Crippen molar-refractivity contribution in [2.24, 2.45) is 5.41 Å². The average Bonchev–Trinajstić information content (AvgIpc) is 2.91. The van der Waals surface area contributed by atoms with E-state index < -0.39 is 6.09 Å². The molecule has 0 saturated heterocycles. The van der Waals surface area contributed by atoms with Crippen molar-refractivity contribution in [3.8, 4) is 5.75 Å². The van der Waals surface area contributed by atoms with Gasteiger partial charge in [0.2, 0.25) is 0 Å². The zero-order chi connectivity index (χ0) is 27.9. The first-order valence-corrected chi connectivity index (χ1v) is 13.4. The molecule has 0 radical (unpaired) electrons. The number of ether oxygens (including phenoxy) is 1. The molecular weight excluding hydrogens is 492 g/mol. The molecule has 2 amide bonds. The van der Waals surface area contributed by atoms with Crippen molar-refractivity contribution in [2.75, 3.05) is 32.1 Å². The van der Waals surface area contributed by atoms with Crippen molar-refractivity contribution in [3.63, 3.8) is 0 Å². The number of hydrogen-bond donors (Lipinski definition) is 2. The Hall–Kier alpha value is -4.07. The monoisotopic (exact) mass is 528 g/mol. The van der Waals surface area contributed by atoms with Gasteiger partial charge in [0, 0.05) is 55.8 Å². The van der Waals surface area contributed by atoms with Crippen LogP contribution >= 0.6 is 0 Å². The van der Waals surface area contributed by atoms with Gasteiger partial charge in [-0.2, -0.15) is 0 Å². The minimum absolute atomic E-state index is 0.140. The predicted molar refractivity (Wildman–Crippen MR) is 153 cm³/mol. The molecule has 2 aliphatic rings. The van der Waals surface area contributed by atoms with Crippen molar-refractivity contribution in [3.05, 3.63) is 71.4 Å². The summed E-state index contributed by atoms with van der Waals surface area (Å²) in [6.45, 7) is 7.10. The van der Waals surface area contributed by atoms with E-state index in [0.29, 0.717) is 31.6 Å². The Morgan fingerprint density at radius 1 is 1.13 bits per heavy atom. The van der Waals surface area contributed by atoms with Gasteiger partial charge in [0.15, 0.2) is 0 Å². The minimum atomic E-state index is -0.904. The summed E-state index contributed by atoms with van der Waals surface area (Å²) in [6, 6.07) is 13.5. The fourth-order valence-electron chi connectivity index (χ4n) is 5.79. The number of amides is 2. The van der Waals surface area contributed by atoms with Crippen LogP contribution in [0.3, 0.4) is 0 Å². The molecule has 1 aromatic heterocycles. The molecule has 204 valence electrons. The molecule has 2 unspecified atom stereocenters. The smallest absolute Gasteiger partial charge is 0.407 e. The average molecular weight is 529 g/mol. The van der Waals surface area contributed by atoms with Gasteiger partial charge in [0.05, 0.1) is 29.4 Å². The fraction of sp³-hybridized carbons (Fsp3) is 0.387. The van der Waals surface area contributed by atoms with E-state index in [-0.39, 0.29) is 23.4 Å². The lowest BCUT2D eigenvalue weighted by Crippen LogP contribution is -2.48. The molecule has 5 rings (SSSR count). The summed E-state index contributed by atoms with van der Waals surface area (Å²) in [5.74, 6) is 0.626. The van der Waals surface area contributed by atoms with Crippen LogP contribution in [-0.2, 0) is 0 Å². The number of rotatable bonds is 4. The second-order valence-corrected chi connectivity index (χ2v) is 11.6. The van der Waals surface area contributed by atoms with Crippen LogP contribution < -0.4 is 15.0 Å². The van der Waals surface area contributed by atoms with Crippen LogP contribution in [0.15, 0.2) is 54.7 Å². The summed E-state index contributed by atoms with van der Waals surface area (Å²) in [5.41, 5.74) is 4.92. The third kappa shape index (κ3) is 5.03. The Balaban J connectivity index is 1.53. The Kier molecular flexibility index (Phi) is 6.97. The van der Waals surface area contributed by atoms with Crippen LogP contribution in [-0.4, -0.2) is 60.3 Å². The van der Waals surface area contributed by atoms with Crippen molar-refractivity contribution < 1.29 is 19.4 Å². The highest BCUT2D eigenvalue weighted by Crippen LogP contribution is 2.40. The molecule has 8 heteroatoms. The first kappa shape index (κ1) is 26.5. The van der Waals surface area contributed by atoms with Gasteiger partial charge in [-0.3, -0.25) is 9.78 Å². The molecule has 0 saturated carbocycles. The maximum absolute atomic E-state index is 13.6. The normalized spacial score (nSPS) is 19.1. The summed E-state index contributed by atoms with van der Waals surface area (Å²) < 4.78 is 5.77. The van der Waals surface area contributed by atoms with Crippen LogP contribution in [0, 0.1) is 5.41 Å². The molecule has 39 heavy (non-hydrogen) atoms. The number of carboxylic acid groups (broad SMARTS) is 1. The van der Waals surface area contributed by atoms with E-state index in [1.807, 2.05) is 67.5 Å². The molecule has 2 aliphatic heterocycles. The zero-order valence-electron chi connectivity index (χ0n) is 23.2. The number of para-hydroxylation sites is 2. The molecule has 0 fully saturated rings. The minimum Gasteiger partial charge on any atom is -0.493 e. The van der Waals surface area contributed by atoms with E-state index >= 15 is 0 Å². The van der Waals surface area contributed by atoms with E-state index in [9.17, 15) is 14.7 Å². The highest BCUT2D eigenvalue weighted by Gasteiger charge is 2.36.